The molecular formula is C16H28O. The fourth-order valence-electron chi connectivity index (χ4n) is 4.95. The Morgan fingerprint density at radius 3 is 2.06 bits per heavy atom. The molecule has 2 bridgehead atoms. The fraction of sp³-hybridized carbons (Fsp3) is 1.00. The molecule has 1 heteroatoms. The third-order valence-corrected chi connectivity index (χ3v) is 6.18. The Morgan fingerprint density at radius 1 is 0.941 bits per heavy atom. The van der Waals surface area contributed by atoms with Gasteiger partial charge in [-0.3, -0.25) is 0 Å². The van der Waals surface area contributed by atoms with Crippen molar-refractivity contribution in [2.24, 2.45) is 29.6 Å². The van der Waals surface area contributed by atoms with Crippen LogP contribution in [0.5, 0.6) is 0 Å². The third kappa shape index (κ3) is 1.95. The van der Waals surface area contributed by atoms with E-state index < -0.39 is 0 Å². The molecular weight excluding hydrogens is 208 g/mol. The Kier molecular flexibility index (Phi) is 3.01. The highest BCUT2D eigenvalue weighted by molar-refractivity contribution is 5.04. The van der Waals surface area contributed by atoms with Gasteiger partial charge in [0.25, 0.3) is 0 Å². The number of hydrogen-bond acceptors (Lipinski definition) is 1. The van der Waals surface area contributed by atoms with Gasteiger partial charge in [-0.15, -0.1) is 0 Å². The monoisotopic (exact) mass is 236 g/mol. The Balaban J connectivity index is 1.62. The molecule has 98 valence electrons. The minimum Gasteiger partial charge on any atom is -0.375 e. The Labute approximate surface area is 106 Å². The van der Waals surface area contributed by atoms with Crippen molar-refractivity contribution in [1.29, 1.82) is 0 Å². The molecule has 0 saturated heterocycles. The summed E-state index contributed by atoms with van der Waals surface area (Å²) in [5.41, 5.74) is 0.0944. The van der Waals surface area contributed by atoms with Crippen molar-refractivity contribution in [2.45, 2.75) is 64.9 Å². The molecule has 0 radical (unpaired) electrons. The van der Waals surface area contributed by atoms with Crippen LogP contribution in [0.3, 0.4) is 0 Å². The zero-order valence-corrected chi connectivity index (χ0v) is 11.7. The first-order chi connectivity index (χ1) is 8.12. The normalized spacial score (nSPS) is 44.3. The first-order valence-electron chi connectivity index (χ1n) is 7.76. The summed E-state index contributed by atoms with van der Waals surface area (Å²) in [6, 6.07) is 0. The van der Waals surface area contributed by atoms with Gasteiger partial charge >= 0.3 is 0 Å². The van der Waals surface area contributed by atoms with E-state index in [9.17, 15) is 0 Å². The van der Waals surface area contributed by atoms with Gasteiger partial charge in [0, 0.05) is 0 Å². The predicted molar refractivity (Wildman–Crippen MR) is 70.9 cm³/mol. The van der Waals surface area contributed by atoms with Crippen molar-refractivity contribution >= 4 is 0 Å². The standard InChI is InChI=1S/C16H28O/c1-4-16(2,3)17-10-15-13-8-9-14(15)12-7-5-6-11(12)13/h11-15H,4-10H2,1-3H3. The molecule has 0 amide bonds. The molecule has 0 aromatic carbocycles. The van der Waals surface area contributed by atoms with Crippen molar-refractivity contribution in [3.8, 4) is 0 Å². The highest BCUT2D eigenvalue weighted by Crippen LogP contribution is 2.61. The smallest absolute Gasteiger partial charge is 0.0624 e. The molecule has 3 rings (SSSR count). The van der Waals surface area contributed by atoms with E-state index in [-0.39, 0.29) is 5.60 Å². The Bertz CT molecular complexity index is 265. The maximum atomic E-state index is 6.21. The maximum Gasteiger partial charge on any atom is 0.0624 e. The molecule has 0 heterocycles. The van der Waals surface area contributed by atoms with Gasteiger partial charge in [0.15, 0.2) is 0 Å². The van der Waals surface area contributed by atoms with Gasteiger partial charge in [0.2, 0.25) is 0 Å². The molecule has 0 aliphatic heterocycles. The SMILES string of the molecule is CCC(C)(C)OCC1C2CCC1C1CCCC12. The Morgan fingerprint density at radius 2 is 1.53 bits per heavy atom. The van der Waals surface area contributed by atoms with Gasteiger partial charge in [-0.1, -0.05) is 13.3 Å². The van der Waals surface area contributed by atoms with Gasteiger partial charge in [0.1, 0.15) is 0 Å². The van der Waals surface area contributed by atoms with E-state index in [4.69, 9.17) is 4.74 Å². The summed E-state index contributed by atoms with van der Waals surface area (Å²) in [5, 5.41) is 0. The zero-order valence-electron chi connectivity index (χ0n) is 11.7. The summed E-state index contributed by atoms with van der Waals surface area (Å²) in [6.45, 7) is 7.76. The average molecular weight is 236 g/mol. The summed E-state index contributed by atoms with van der Waals surface area (Å²) in [7, 11) is 0. The lowest BCUT2D eigenvalue weighted by Crippen LogP contribution is -2.28. The van der Waals surface area contributed by atoms with Crippen LogP contribution in [0.4, 0.5) is 0 Å². The average Bonchev–Trinajstić information content (AvgIpc) is 2.98. The van der Waals surface area contributed by atoms with Crippen LogP contribution in [0, 0.1) is 29.6 Å². The van der Waals surface area contributed by atoms with Crippen LogP contribution in [-0.2, 0) is 4.74 Å². The number of fused-ring (bicyclic) bond motifs is 5. The third-order valence-electron chi connectivity index (χ3n) is 6.18. The summed E-state index contributed by atoms with van der Waals surface area (Å²) >= 11 is 0. The summed E-state index contributed by atoms with van der Waals surface area (Å²) in [4.78, 5) is 0. The van der Waals surface area contributed by atoms with Gasteiger partial charge in [-0.25, -0.2) is 0 Å². The molecule has 3 aliphatic rings. The highest BCUT2D eigenvalue weighted by atomic mass is 16.5. The second-order valence-electron chi connectivity index (χ2n) is 7.25. The highest BCUT2D eigenvalue weighted by Gasteiger charge is 2.55. The quantitative estimate of drug-likeness (QED) is 0.708. The van der Waals surface area contributed by atoms with Gasteiger partial charge in [-0.2, -0.15) is 0 Å². The zero-order chi connectivity index (χ0) is 12.0. The first-order valence-corrected chi connectivity index (χ1v) is 7.76. The van der Waals surface area contributed by atoms with Crippen LogP contribution < -0.4 is 0 Å². The minimum atomic E-state index is 0.0944. The lowest BCUT2D eigenvalue weighted by Gasteiger charge is -2.28. The van der Waals surface area contributed by atoms with E-state index in [2.05, 4.69) is 20.8 Å². The molecule has 4 atom stereocenters. The van der Waals surface area contributed by atoms with Gasteiger partial charge in [0.05, 0.1) is 12.2 Å². The topological polar surface area (TPSA) is 9.23 Å². The lowest BCUT2D eigenvalue weighted by molar-refractivity contribution is -0.0462. The van der Waals surface area contributed by atoms with Crippen LogP contribution in [0.15, 0.2) is 0 Å². The molecule has 17 heavy (non-hydrogen) atoms. The summed E-state index contributed by atoms with van der Waals surface area (Å²) < 4.78 is 6.21. The van der Waals surface area contributed by atoms with Crippen LogP contribution >= 0.6 is 0 Å². The molecule has 3 aliphatic carbocycles. The van der Waals surface area contributed by atoms with Crippen molar-refractivity contribution < 1.29 is 4.74 Å². The lowest BCUT2D eigenvalue weighted by atomic mass is 9.82. The van der Waals surface area contributed by atoms with E-state index in [1.54, 1.807) is 0 Å². The van der Waals surface area contributed by atoms with E-state index in [0.717, 1.165) is 42.6 Å². The molecule has 0 N–H and O–H groups in total. The second kappa shape index (κ2) is 4.26. The van der Waals surface area contributed by atoms with Crippen molar-refractivity contribution in [3.63, 3.8) is 0 Å². The van der Waals surface area contributed by atoms with Crippen molar-refractivity contribution in [2.75, 3.05) is 6.61 Å². The van der Waals surface area contributed by atoms with Gasteiger partial charge < -0.3 is 4.74 Å². The maximum absolute atomic E-state index is 6.21. The van der Waals surface area contributed by atoms with E-state index >= 15 is 0 Å². The number of ether oxygens (including phenoxy) is 1. The number of hydrogen-bond donors (Lipinski definition) is 0. The van der Waals surface area contributed by atoms with Gasteiger partial charge in [-0.05, 0) is 75.5 Å². The van der Waals surface area contributed by atoms with Crippen molar-refractivity contribution in [3.05, 3.63) is 0 Å². The molecule has 0 aromatic rings. The second-order valence-corrected chi connectivity index (χ2v) is 7.25. The van der Waals surface area contributed by atoms with Crippen LogP contribution in [0.1, 0.15) is 59.3 Å². The minimum absolute atomic E-state index is 0.0944. The number of rotatable bonds is 4. The summed E-state index contributed by atoms with van der Waals surface area (Å²) in [6.07, 6.45) is 8.70. The van der Waals surface area contributed by atoms with Crippen LogP contribution in [-0.4, -0.2) is 12.2 Å². The molecule has 0 spiro atoms. The van der Waals surface area contributed by atoms with E-state index in [1.165, 1.54) is 32.1 Å². The molecule has 1 nitrogen and oxygen atoms in total. The summed E-state index contributed by atoms with van der Waals surface area (Å²) in [5.74, 6) is 5.15. The molecule has 3 fully saturated rings. The van der Waals surface area contributed by atoms with Crippen molar-refractivity contribution in [1.82, 2.24) is 0 Å². The molecule has 3 saturated carbocycles. The van der Waals surface area contributed by atoms with E-state index in [1.807, 2.05) is 0 Å². The largest absolute Gasteiger partial charge is 0.375 e. The van der Waals surface area contributed by atoms with E-state index in [0.29, 0.717) is 0 Å². The molecule has 0 aromatic heterocycles. The molecule has 4 unspecified atom stereocenters. The Hall–Kier alpha value is -0.0400. The fourth-order valence-corrected chi connectivity index (χ4v) is 4.95. The predicted octanol–water partition coefficient (Wildman–Crippen LogP) is 4.26. The first kappa shape index (κ1) is 12.0. The van der Waals surface area contributed by atoms with Crippen LogP contribution in [0.25, 0.3) is 0 Å². The van der Waals surface area contributed by atoms with Crippen LogP contribution in [0.2, 0.25) is 0 Å².